The molecule has 1 atom stereocenters. The van der Waals surface area contributed by atoms with E-state index in [0.29, 0.717) is 24.6 Å². The maximum Gasteiger partial charge on any atom is 0.248 e. The molecular weight excluding hydrogens is 544 g/mol. The highest BCUT2D eigenvalue weighted by molar-refractivity contribution is 8.00. The summed E-state index contributed by atoms with van der Waals surface area (Å²) >= 11 is 1.77. The van der Waals surface area contributed by atoms with Gasteiger partial charge in [0.2, 0.25) is 15.9 Å². The molecule has 1 aromatic heterocycles. The second kappa shape index (κ2) is 11.2. The van der Waals surface area contributed by atoms with Crippen LogP contribution in [0, 0.1) is 24.5 Å². The maximum absolute atomic E-state index is 14.0. The summed E-state index contributed by atoms with van der Waals surface area (Å²) in [5.41, 5.74) is 1.18. The Bertz CT molecular complexity index is 1510. The zero-order chi connectivity index (χ0) is 27.7. The van der Waals surface area contributed by atoms with Crippen LogP contribution in [0.15, 0.2) is 56.8 Å². The number of anilines is 1. The summed E-state index contributed by atoms with van der Waals surface area (Å²) in [6, 6.07) is 11.0. The number of para-hydroxylation sites is 1. The Morgan fingerprint density at radius 2 is 1.82 bits per heavy atom. The molecule has 1 fully saturated rings. The molecule has 3 aromatic rings. The van der Waals surface area contributed by atoms with E-state index in [1.54, 1.807) is 11.8 Å². The van der Waals surface area contributed by atoms with E-state index in [1.807, 2.05) is 29.2 Å². The fraction of sp³-hybridized carbons (Fsp3) is 0.357. The van der Waals surface area contributed by atoms with Gasteiger partial charge in [0.25, 0.3) is 0 Å². The molecule has 5 rings (SSSR count). The summed E-state index contributed by atoms with van der Waals surface area (Å²) < 4.78 is 61.1. The van der Waals surface area contributed by atoms with Gasteiger partial charge in [0.15, 0.2) is 10.7 Å². The maximum atomic E-state index is 14.0. The number of piperidine rings is 1. The molecule has 0 spiro atoms. The molecule has 7 nitrogen and oxygen atoms in total. The van der Waals surface area contributed by atoms with E-state index >= 15 is 0 Å². The molecule has 206 valence electrons. The smallest absolute Gasteiger partial charge is 0.248 e. The number of aryl methyl sites for hydroxylation is 1. The number of hydrogen-bond acceptors (Lipinski definition) is 6. The Balaban J connectivity index is 1.31. The molecule has 2 aliphatic heterocycles. The van der Waals surface area contributed by atoms with Crippen molar-refractivity contribution in [2.75, 3.05) is 24.5 Å². The monoisotopic (exact) mass is 573 g/mol. The first-order valence-electron chi connectivity index (χ1n) is 12.8. The second-order valence-corrected chi connectivity index (χ2v) is 13.2. The Morgan fingerprint density at radius 1 is 1.08 bits per heavy atom. The average Bonchev–Trinajstić information content (AvgIpc) is 3.20. The lowest BCUT2D eigenvalue weighted by Crippen LogP contribution is -2.45. The number of aromatic nitrogens is 1. The van der Waals surface area contributed by atoms with Crippen molar-refractivity contribution < 1.29 is 26.5 Å². The molecule has 0 saturated carbocycles. The van der Waals surface area contributed by atoms with E-state index < -0.39 is 21.7 Å². The lowest BCUT2D eigenvalue weighted by Gasteiger charge is -2.33. The van der Waals surface area contributed by atoms with Crippen LogP contribution in [0.4, 0.5) is 14.5 Å². The summed E-state index contributed by atoms with van der Waals surface area (Å²) in [5, 5.41) is 4.21. The van der Waals surface area contributed by atoms with Gasteiger partial charge in [-0.05, 0) is 62.6 Å². The fourth-order valence-corrected chi connectivity index (χ4v) is 7.84. The van der Waals surface area contributed by atoms with Crippen LogP contribution in [-0.4, -0.2) is 48.7 Å². The Kier molecular flexibility index (Phi) is 7.93. The largest absolute Gasteiger partial charge is 0.355 e. The van der Waals surface area contributed by atoms with Gasteiger partial charge in [-0.3, -0.25) is 4.79 Å². The van der Waals surface area contributed by atoms with Gasteiger partial charge in [0, 0.05) is 47.3 Å². The van der Waals surface area contributed by atoms with Crippen LogP contribution < -0.4 is 4.90 Å². The summed E-state index contributed by atoms with van der Waals surface area (Å²) in [7, 11) is -3.99. The van der Waals surface area contributed by atoms with Crippen molar-refractivity contribution in [2.45, 2.75) is 48.2 Å². The number of hydrogen-bond donors (Lipinski definition) is 0. The van der Waals surface area contributed by atoms with Gasteiger partial charge in [0.1, 0.15) is 17.3 Å². The Labute approximate surface area is 230 Å². The van der Waals surface area contributed by atoms with Crippen LogP contribution in [0.2, 0.25) is 0 Å². The van der Waals surface area contributed by atoms with Gasteiger partial charge in [-0.15, -0.1) is 11.8 Å². The number of carbonyl (C=O) groups excluding carboxylic acids is 1. The highest BCUT2D eigenvalue weighted by atomic mass is 32.2. The number of amides is 1. The van der Waals surface area contributed by atoms with Crippen LogP contribution >= 0.6 is 11.8 Å². The molecular formula is C28H29F2N3O4S2. The molecule has 11 heteroatoms. The van der Waals surface area contributed by atoms with Gasteiger partial charge in [0.05, 0.1) is 5.69 Å². The van der Waals surface area contributed by atoms with E-state index in [2.05, 4.69) is 12.1 Å². The van der Waals surface area contributed by atoms with Crippen molar-refractivity contribution in [1.82, 2.24) is 9.46 Å². The number of fused-ring (bicyclic) bond motifs is 1. The van der Waals surface area contributed by atoms with Crippen molar-refractivity contribution in [2.24, 2.45) is 5.92 Å². The molecule has 0 radical (unpaired) electrons. The highest BCUT2D eigenvalue weighted by Gasteiger charge is 2.38. The molecule has 3 heterocycles. The molecule has 39 heavy (non-hydrogen) atoms. The van der Waals surface area contributed by atoms with Gasteiger partial charge >= 0.3 is 0 Å². The minimum atomic E-state index is -3.99. The van der Waals surface area contributed by atoms with E-state index in [0.717, 1.165) is 29.1 Å². The topological polar surface area (TPSA) is 83.7 Å². The van der Waals surface area contributed by atoms with E-state index in [9.17, 15) is 22.0 Å². The quantitative estimate of drug-likeness (QED) is 0.387. The molecule has 2 aromatic carbocycles. The zero-order valence-corrected chi connectivity index (χ0v) is 23.3. The van der Waals surface area contributed by atoms with Gasteiger partial charge in [-0.2, -0.15) is 4.31 Å². The number of sulfonamides is 1. The second-order valence-electron chi connectivity index (χ2n) is 9.81. The molecule has 2 aliphatic rings. The minimum absolute atomic E-state index is 0.0281. The van der Waals surface area contributed by atoms with Crippen LogP contribution in [0.25, 0.3) is 12.2 Å². The highest BCUT2D eigenvalue weighted by Crippen LogP contribution is 2.39. The molecule has 1 unspecified atom stereocenters. The van der Waals surface area contributed by atoms with Crippen molar-refractivity contribution in [1.29, 1.82) is 0 Å². The van der Waals surface area contributed by atoms with E-state index in [-0.39, 0.29) is 46.8 Å². The van der Waals surface area contributed by atoms with Crippen molar-refractivity contribution in [3.05, 3.63) is 71.1 Å². The summed E-state index contributed by atoms with van der Waals surface area (Å²) in [6.45, 7) is 4.68. The van der Waals surface area contributed by atoms with Crippen LogP contribution in [0.1, 0.15) is 43.2 Å². The van der Waals surface area contributed by atoms with Crippen molar-refractivity contribution >= 4 is 45.5 Å². The van der Waals surface area contributed by atoms with Gasteiger partial charge < -0.3 is 9.42 Å². The number of nitrogens with zero attached hydrogens (tertiary/aromatic N) is 3. The van der Waals surface area contributed by atoms with Crippen LogP contribution in [0.5, 0.6) is 0 Å². The first kappa shape index (κ1) is 27.5. The van der Waals surface area contributed by atoms with Gasteiger partial charge in [-0.1, -0.05) is 24.2 Å². The third-order valence-electron chi connectivity index (χ3n) is 7.12. The molecule has 0 bridgehead atoms. The van der Waals surface area contributed by atoms with Crippen molar-refractivity contribution in [3.8, 4) is 0 Å². The fourth-order valence-electron chi connectivity index (χ4n) is 5.01. The van der Waals surface area contributed by atoms with E-state index in [1.165, 1.54) is 29.4 Å². The number of rotatable bonds is 5. The summed E-state index contributed by atoms with van der Waals surface area (Å²) in [5.74, 6) is -1.78. The predicted molar refractivity (Wildman–Crippen MR) is 147 cm³/mol. The first-order chi connectivity index (χ1) is 18.6. The predicted octanol–water partition coefficient (Wildman–Crippen LogP) is 5.75. The SMILES string of the molecule is Cc1noc(/C=C/c2ccc(F)cc2F)c1S(=O)(=O)N1CCC(C(=O)N2CCC(C)Sc3ccccc32)CC1. The third-order valence-corrected chi connectivity index (χ3v) is 10.4. The van der Waals surface area contributed by atoms with Crippen molar-refractivity contribution in [3.63, 3.8) is 0 Å². The zero-order valence-electron chi connectivity index (χ0n) is 21.6. The molecule has 0 N–H and O–H groups in total. The lowest BCUT2D eigenvalue weighted by atomic mass is 9.96. The summed E-state index contributed by atoms with van der Waals surface area (Å²) in [6.07, 6.45) is 4.31. The lowest BCUT2D eigenvalue weighted by molar-refractivity contribution is -0.123. The third kappa shape index (κ3) is 5.66. The normalized spacial score (nSPS) is 19.3. The Morgan fingerprint density at radius 3 is 2.56 bits per heavy atom. The Hall–Kier alpha value is -3.02. The van der Waals surface area contributed by atoms with Gasteiger partial charge in [-0.25, -0.2) is 17.2 Å². The molecule has 1 amide bonds. The minimum Gasteiger partial charge on any atom is -0.355 e. The standard InChI is InChI=1S/C28H29F2N3O4S2/c1-18-11-16-33(24-5-3-4-6-26(24)38-18)28(34)21-12-14-32(15-13-21)39(35,36)27-19(2)31-37-25(27)10-8-20-7-9-22(29)17-23(20)30/h3-10,17-18,21H,11-16H2,1-2H3/b10-8+. The number of carbonyl (C=O) groups is 1. The van der Waals surface area contributed by atoms with Crippen LogP contribution in [-0.2, 0) is 14.8 Å². The van der Waals surface area contributed by atoms with Crippen LogP contribution in [0.3, 0.4) is 0 Å². The molecule has 0 aliphatic carbocycles. The summed E-state index contributed by atoms with van der Waals surface area (Å²) in [4.78, 5) is 16.4. The number of benzene rings is 2. The number of thioether (sulfide) groups is 1. The first-order valence-corrected chi connectivity index (χ1v) is 15.1. The average molecular weight is 574 g/mol. The molecule has 1 saturated heterocycles. The number of halogens is 2. The van der Waals surface area contributed by atoms with E-state index in [4.69, 9.17) is 4.52 Å².